The first-order valence-corrected chi connectivity index (χ1v) is 12.7. The normalized spacial score (nSPS) is 12.8. The van der Waals surface area contributed by atoms with Crippen molar-refractivity contribution in [2.45, 2.75) is 27.2 Å². The highest BCUT2D eigenvalue weighted by molar-refractivity contribution is 7.10. The average molecular weight is 498 g/mol. The van der Waals surface area contributed by atoms with Crippen molar-refractivity contribution >= 4 is 34.5 Å². The minimum absolute atomic E-state index is 0.0955. The molecule has 0 aliphatic carbocycles. The Balaban J connectivity index is 1.37. The molecule has 1 aliphatic heterocycles. The van der Waals surface area contributed by atoms with Crippen molar-refractivity contribution in [3.63, 3.8) is 0 Å². The van der Waals surface area contributed by atoms with E-state index in [4.69, 9.17) is 9.72 Å². The Morgan fingerprint density at radius 2 is 1.81 bits per heavy atom. The van der Waals surface area contributed by atoms with Gasteiger partial charge in [-0.15, -0.1) is 11.3 Å². The van der Waals surface area contributed by atoms with Gasteiger partial charge in [-0.05, 0) is 55.7 Å². The van der Waals surface area contributed by atoms with Crippen LogP contribution in [0.5, 0.6) is 5.75 Å². The second-order valence-corrected chi connectivity index (χ2v) is 10.0. The highest BCUT2D eigenvalue weighted by atomic mass is 32.1. The maximum atomic E-state index is 13.0. The van der Waals surface area contributed by atoms with E-state index in [9.17, 15) is 9.59 Å². The van der Waals surface area contributed by atoms with Crippen LogP contribution in [-0.2, 0) is 16.0 Å². The van der Waals surface area contributed by atoms with E-state index in [1.807, 2.05) is 74.7 Å². The largest absolute Gasteiger partial charge is 0.482 e. The lowest BCUT2D eigenvalue weighted by Gasteiger charge is -2.29. The van der Waals surface area contributed by atoms with Gasteiger partial charge in [0.05, 0.1) is 16.4 Å². The zero-order valence-electron chi connectivity index (χ0n) is 20.5. The minimum Gasteiger partial charge on any atom is -0.482 e. The fourth-order valence-corrected chi connectivity index (χ4v) is 5.37. The summed E-state index contributed by atoms with van der Waals surface area (Å²) in [6, 6.07) is 19.9. The third-order valence-electron chi connectivity index (χ3n) is 6.19. The van der Waals surface area contributed by atoms with Gasteiger partial charge in [0.2, 0.25) is 5.91 Å². The van der Waals surface area contributed by atoms with Crippen molar-refractivity contribution in [1.29, 1.82) is 0 Å². The van der Waals surface area contributed by atoms with Gasteiger partial charge in [0.25, 0.3) is 5.91 Å². The van der Waals surface area contributed by atoms with Gasteiger partial charge in [-0.25, -0.2) is 4.98 Å². The van der Waals surface area contributed by atoms with E-state index in [1.54, 1.807) is 11.3 Å². The molecule has 2 heterocycles. The van der Waals surface area contributed by atoms with Crippen molar-refractivity contribution in [3.8, 4) is 17.0 Å². The number of benzene rings is 3. The smallest absolute Gasteiger partial charge is 0.265 e. The summed E-state index contributed by atoms with van der Waals surface area (Å²) in [6.07, 6.45) is 0.766. The Morgan fingerprint density at radius 3 is 2.56 bits per heavy atom. The summed E-state index contributed by atoms with van der Waals surface area (Å²) in [5.74, 6) is 0.0687. The molecule has 182 valence electrons. The average Bonchev–Trinajstić information content (AvgIpc) is 3.32. The Morgan fingerprint density at radius 1 is 1.06 bits per heavy atom. The molecule has 1 aromatic heterocycles. The molecule has 4 aromatic rings. The summed E-state index contributed by atoms with van der Waals surface area (Å²) in [7, 11) is 0. The van der Waals surface area contributed by atoms with Gasteiger partial charge in [0.1, 0.15) is 12.3 Å². The van der Waals surface area contributed by atoms with Gasteiger partial charge in [0.15, 0.2) is 6.61 Å². The second-order valence-electron chi connectivity index (χ2n) is 9.06. The lowest BCUT2D eigenvalue weighted by Crippen LogP contribution is -2.43. The van der Waals surface area contributed by atoms with E-state index < -0.39 is 0 Å². The Labute approximate surface area is 214 Å². The molecule has 2 amide bonds. The Hall–Kier alpha value is -3.97. The van der Waals surface area contributed by atoms with E-state index in [2.05, 4.69) is 17.4 Å². The predicted molar refractivity (Wildman–Crippen MR) is 144 cm³/mol. The molecule has 36 heavy (non-hydrogen) atoms. The molecule has 5 rings (SSSR count). The molecule has 0 unspecified atom stereocenters. The predicted octanol–water partition coefficient (Wildman–Crippen LogP) is 5.69. The third kappa shape index (κ3) is 5.02. The maximum Gasteiger partial charge on any atom is 0.265 e. The second kappa shape index (κ2) is 9.95. The molecule has 6 nitrogen and oxygen atoms in total. The highest BCUT2D eigenvalue weighted by Gasteiger charge is 2.28. The van der Waals surface area contributed by atoms with Gasteiger partial charge in [-0.1, -0.05) is 48.0 Å². The van der Waals surface area contributed by atoms with Crippen LogP contribution in [0.15, 0.2) is 66.0 Å². The Bertz CT molecular complexity index is 1420. The van der Waals surface area contributed by atoms with Crippen molar-refractivity contribution in [3.05, 3.63) is 93.3 Å². The SMILES string of the molecule is Cc1cc(C)c(NC(=O)CN2C(=O)COc3ccc(-c4csc(Cc5ccccc5)n4)cc32)c(C)c1. The molecule has 0 fully saturated rings. The number of hydrogen-bond donors (Lipinski definition) is 1. The number of nitrogens with zero attached hydrogens (tertiary/aromatic N) is 2. The van der Waals surface area contributed by atoms with Gasteiger partial charge < -0.3 is 10.1 Å². The number of aromatic nitrogens is 1. The first kappa shape index (κ1) is 23.8. The first-order valence-electron chi connectivity index (χ1n) is 11.8. The number of anilines is 2. The quantitative estimate of drug-likeness (QED) is 0.371. The zero-order valence-corrected chi connectivity index (χ0v) is 21.3. The van der Waals surface area contributed by atoms with Crippen LogP contribution < -0.4 is 15.0 Å². The van der Waals surface area contributed by atoms with E-state index in [0.717, 1.165) is 45.1 Å². The van der Waals surface area contributed by atoms with Gasteiger partial charge in [-0.2, -0.15) is 0 Å². The molecule has 0 spiro atoms. The van der Waals surface area contributed by atoms with Crippen molar-refractivity contribution in [2.24, 2.45) is 0 Å². The first-order chi connectivity index (χ1) is 17.4. The molecule has 1 aliphatic rings. The molecule has 1 N–H and O–H groups in total. The third-order valence-corrected chi connectivity index (χ3v) is 7.04. The number of ether oxygens (including phenoxy) is 1. The molecular weight excluding hydrogens is 470 g/mol. The zero-order chi connectivity index (χ0) is 25.2. The lowest BCUT2D eigenvalue weighted by atomic mass is 10.1. The number of nitrogens with one attached hydrogen (secondary N) is 1. The summed E-state index contributed by atoms with van der Waals surface area (Å²) in [5, 5.41) is 6.03. The fraction of sp³-hybridized carbons (Fsp3) is 0.207. The van der Waals surface area contributed by atoms with E-state index in [0.29, 0.717) is 11.4 Å². The fourth-order valence-electron chi connectivity index (χ4n) is 4.53. The van der Waals surface area contributed by atoms with E-state index in [-0.39, 0.29) is 25.0 Å². The number of carbonyl (C=O) groups is 2. The van der Waals surface area contributed by atoms with Gasteiger partial charge in [0, 0.05) is 23.1 Å². The lowest BCUT2D eigenvalue weighted by molar-refractivity contribution is -0.123. The summed E-state index contributed by atoms with van der Waals surface area (Å²) < 4.78 is 5.65. The maximum absolute atomic E-state index is 13.0. The van der Waals surface area contributed by atoms with Crippen LogP contribution in [0.25, 0.3) is 11.3 Å². The van der Waals surface area contributed by atoms with Crippen LogP contribution >= 0.6 is 11.3 Å². The Kier molecular flexibility index (Phi) is 6.57. The molecule has 7 heteroatoms. The monoisotopic (exact) mass is 497 g/mol. The van der Waals surface area contributed by atoms with Crippen molar-refractivity contribution in [1.82, 2.24) is 4.98 Å². The van der Waals surface area contributed by atoms with Crippen molar-refractivity contribution in [2.75, 3.05) is 23.4 Å². The van der Waals surface area contributed by atoms with Crippen LogP contribution in [0.1, 0.15) is 27.3 Å². The van der Waals surface area contributed by atoms with Crippen LogP contribution in [0.4, 0.5) is 11.4 Å². The molecular formula is C29H27N3O3S. The van der Waals surface area contributed by atoms with Crippen LogP contribution in [0.3, 0.4) is 0 Å². The molecule has 0 atom stereocenters. The molecule has 0 bridgehead atoms. The van der Waals surface area contributed by atoms with Gasteiger partial charge >= 0.3 is 0 Å². The van der Waals surface area contributed by atoms with Gasteiger partial charge in [-0.3, -0.25) is 14.5 Å². The topological polar surface area (TPSA) is 71.5 Å². The summed E-state index contributed by atoms with van der Waals surface area (Å²) in [4.78, 5) is 32.1. The standard InChI is InChI=1S/C29H27N3O3S/c1-18-11-19(2)29(20(3)12-18)31-26(33)15-32-24-14-22(9-10-25(24)35-16-28(32)34)23-17-36-27(30-23)13-21-7-5-4-6-8-21/h4-12,14,17H,13,15-16H2,1-3H3,(H,31,33). The summed E-state index contributed by atoms with van der Waals surface area (Å²) in [6.45, 7) is 5.77. The summed E-state index contributed by atoms with van der Waals surface area (Å²) >= 11 is 1.61. The highest BCUT2D eigenvalue weighted by Crippen LogP contribution is 2.36. The van der Waals surface area contributed by atoms with Crippen molar-refractivity contribution < 1.29 is 14.3 Å². The number of aryl methyl sites for hydroxylation is 3. The number of thiazole rings is 1. The van der Waals surface area contributed by atoms with E-state index in [1.165, 1.54) is 10.5 Å². The van der Waals surface area contributed by atoms with Crippen LogP contribution in [0, 0.1) is 20.8 Å². The number of rotatable bonds is 6. The summed E-state index contributed by atoms with van der Waals surface area (Å²) in [5.41, 5.74) is 7.40. The number of amides is 2. The van der Waals surface area contributed by atoms with E-state index >= 15 is 0 Å². The van der Waals surface area contributed by atoms with Crippen LogP contribution in [-0.4, -0.2) is 29.9 Å². The van der Waals surface area contributed by atoms with Crippen LogP contribution in [0.2, 0.25) is 0 Å². The minimum atomic E-state index is -0.254. The molecule has 0 radical (unpaired) electrons. The number of hydrogen-bond acceptors (Lipinski definition) is 5. The molecule has 3 aromatic carbocycles. The number of carbonyl (C=O) groups excluding carboxylic acids is 2. The molecule has 0 saturated heterocycles. The number of fused-ring (bicyclic) bond motifs is 1. The molecule has 0 saturated carbocycles.